The van der Waals surface area contributed by atoms with Crippen molar-refractivity contribution in [1.82, 2.24) is 10.2 Å². The number of hydrogen-bond donors (Lipinski definition) is 1. The average Bonchev–Trinajstić information content (AvgIpc) is 3.20. The summed E-state index contributed by atoms with van der Waals surface area (Å²) in [6.45, 7) is 12.8. The topological polar surface area (TPSA) is 15.3 Å². The summed E-state index contributed by atoms with van der Waals surface area (Å²) in [6.07, 6.45) is 2.73. The molecule has 20 heavy (non-hydrogen) atoms. The molecule has 0 unspecified atom stereocenters. The van der Waals surface area contributed by atoms with Crippen LogP contribution in [-0.4, -0.2) is 37.6 Å². The van der Waals surface area contributed by atoms with Crippen molar-refractivity contribution in [1.29, 1.82) is 0 Å². The van der Waals surface area contributed by atoms with Gasteiger partial charge in [-0.05, 0) is 29.4 Å². The van der Waals surface area contributed by atoms with Crippen molar-refractivity contribution < 1.29 is 0 Å². The van der Waals surface area contributed by atoms with Crippen LogP contribution < -0.4 is 5.32 Å². The van der Waals surface area contributed by atoms with E-state index in [1.54, 1.807) is 5.56 Å². The van der Waals surface area contributed by atoms with Gasteiger partial charge in [0.15, 0.2) is 0 Å². The summed E-state index contributed by atoms with van der Waals surface area (Å²) in [6, 6.07) is 9.45. The summed E-state index contributed by atoms with van der Waals surface area (Å²) in [4.78, 5) is 2.64. The average molecular weight is 272 g/mol. The van der Waals surface area contributed by atoms with E-state index in [1.165, 1.54) is 38.0 Å². The fraction of sp³-hybridized carbons (Fsp3) is 0.667. The normalized spacial score (nSPS) is 22.8. The standard InChI is InChI=1S/C18H28N2/c1-17(2,3)15-4-6-16(7-5-15)18(8-9-18)14-20-12-10-19-11-13-20/h4-7,19H,8-14H2,1-3H3. The highest BCUT2D eigenvalue weighted by atomic mass is 15.2. The molecule has 1 aromatic rings. The molecule has 1 aliphatic heterocycles. The van der Waals surface area contributed by atoms with Gasteiger partial charge >= 0.3 is 0 Å². The SMILES string of the molecule is CC(C)(C)c1ccc(C2(CN3CCNCC3)CC2)cc1. The molecule has 0 bridgehead atoms. The zero-order chi connectivity index (χ0) is 14.2. The molecule has 110 valence electrons. The highest BCUT2D eigenvalue weighted by Gasteiger charge is 2.45. The second-order valence-electron chi connectivity index (χ2n) is 7.63. The van der Waals surface area contributed by atoms with Crippen LogP contribution in [0.3, 0.4) is 0 Å². The van der Waals surface area contributed by atoms with Crippen LogP contribution >= 0.6 is 0 Å². The number of nitrogens with zero attached hydrogens (tertiary/aromatic N) is 1. The van der Waals surface area contributed by atoms with Gasteiger partial charge in [0.1, 0.15) is 0 Å². The Balaban J connectivity index is 1.71. The van der Waals surface area contributed by atoms with E-state index in [2.05, 4.69) is 55.3 Å². The lowest BCUT2D eigenvalue weighted by molar-refractivity contribution is 0.221. The van der Waals surface area contributed by atoms with Crippen LogP contribution in [0.4, 0.5) is 0 Å². The van der Waals surface area contributed by atoms with E-state index in [0.29, 0.717) is 5.41 Å². The van der Waals surface area contributed by atoms with Crippen LogP contribution in [0.1, 0.15) is 44.7 Å². The summed E-state index contributed by atoms with van der Waals surface area (Å²) in [7, 11) is 0. The van der Waals surface area contributed by atoms with Gasteiger partial charge in [-0.2, -0.15) is 0 Å². The molecule has 2 nitrogen and oxygen atoms in total. The van der Waals surface area contributed by atoms with E-state index in [9.17, 15) is 0 Å². The number of piperazine rings is 1. The molecule has 1 aliphatic carbocycles. The minimum absolute atomic E-state index is 0.258. The summed E-state index contributed by atoms with van der Waals surface area (Å²) in [5, 5.41) is 3.44. The van der Waals surface area contributed by atoms with Gasteiger partial charge in [-0.15, -0.1) is 0 Å². The zero-order valence-corrected chi connectivity index (χ0v) is 13.2. The minimum atomic E-state index is 0.258. The third-order valence-electron chi connectivity index (χ3n) is 4.95. The van der Waals surface area contributed by atoms with E-state index < -0.39 is 0 Å². The molecule has 1 heterocycles. The van der Waals surface area contributed by atoms with Crippen molar-refractivity contribution in [2.24, 2.45) is 0 Å². The maximum absolute atomic E-state index is 3.44. The predicted octanol–water partition coefficient (Wildman–Crippen LogP) is 2.92. The molecule has 1 saturated heterocycles. The van der Waals surface area contributed by atoms with Crippen molar-refractivity contribution in [2.75, 3.05) is 32.7 Å². The monoisotopic (exact) mass is 272 g/mol. The molecule has 3 rings (SSSR count). The van der Waals surface area contributed by atoms with Crippen LogP contribution in [0.5, 0.6) is 0 Å². The Labute approximate surface area is 123 Å². The molecule has 0 amide bonds. The van der Waals surface area contributed by atoms with Crippen molar-refractivity contribution in [3.05, 3.63) is 35.4 Å². The minimum Gasteiger partial charge on any atom is -0.314 e. The number of rotatable bonds is 3. The van der Waals surface area contributed by atoms with Crippen molar-refractivity contribution in [2.45, 2.75) is 44.4 Å². The number of benzene rings is 1. The predicted molar refractivity (Wildman–Crippen MR) is 85.4 cm³/mol. The third-order valence-corrected chi connectivity index (χ3v) is 4.95. The van der Waals surface area contributed by atoms with E-state index in [0.717, 1.165) is 13.1 Å². The van der Waals surface area contributed by atoms with E-state index in [-0.39, 0.29) is 5.41 Å². The van der Waals surface area contributed by atoms with Crippen LogP contribution in [0.15, 0.2) is 24.3 Å². The Hall–Kier alpha value is -0.860. The van der Waals surface area contributed by atoms with Gasteiger partial charge in [0.25, 0.3) is 0 Å². The number of hydrogen-bond acceptors (Lipinski definition) is 2. The molecule has 1 N–H and O–H groups in total. The first kappa shape index (κ1) is 14.1. The van der Waals surface area contributed by atoms with Crippen LogP contribution in [0.25, 0.3) is 0 Å². The Bertz CT molecular complexity index is 445. The maximum atomic E-state index is 3.44. The molecule has 2 heteroatoms. The summed E-state index contributed by atoms with van der Waals surface area (Å²) in [5.41, 5.74) is 3.73. The molecule has 2 fully saturated rings. The van der Waals surface area contributed by atoms with Gasteiger partial charge in [-0.1, -0.05) is 45.0 Å². The largest absolute Gasteiger partial charge is 0.314 e. The Kier molecular flexibility index (Phi) is 3.64. The van der Waals surface area contributed by atoms with Crippen molar-refractivity contribution in [3.8, 4) is 0 Å². The molecular formula is C18H28N2. The summed E-state index contributed by atoms with van der Waals surface area (Å²) >= 11 is 0. The number of nitrogens with one attached hydrogen (secondary N) is 1. The first-order valence-electron chi connectivity index (χ1n) is 8.04. The molecule has 0 radical (unpaired) electrons. The molecule has 1 aromatic carbocycles. The van der Waals surface area contributed by atoms with Crippen LogP contribution in [-0.2, 0) is 10.8 Å². The molecule has 0 aromatic heterocycles. The molecule has 2 aliphatic rings. The van der Waals surface area contributed by atoms with E-state index in [4.69, 9.17) is 0 Å². The second kappa shape index (κ2) is 5.16. The third kappa shape index (κ3) is 2.91. The smallest absolute Gasteiger partial charge is 0.0108 e. The van der Waals surface area contributed by atoms with Crippen molar-refractivity contribution >= 4 is 0 Å². The molecular weight excluding hydrogens is 244 g/mol. The van der Waals surface area contributed by atoms with Crippen LogP contribution in [0.2, 0.25) is 0 Å². The highest BCUT2D eigenvalue weighted by molar-refractivity contribution is 5.36. The lowest BCUT2D eigenvalue weighted by Crippen LogP contribution is -2.46. The van der Waals surface area contributed by atoms with Crippen molar-refractivity contribution in [3.63, 3.8) is 0 Å². The summed E-state index contributed by atoms with van der Waals surface area (Å²) in [5.74, 6) is 0. The fourth-order valence-corrected chi connectivity index (χ4v) is 3.31. The Morgan fingerprint density at radius 1 is 1.05 bits per heavy atom. The summed E-state index contributed by atoms with van der Waals surface area (Å²) < 4.78 is 0. The van der Waals surface area contributed by atoms with Gasteiger partial charge in [0, 0.05) is 38.1 Å². The van der Waals surface area contributed by atoms with E-state index in [1.807, 2.05) is 0 Å². The van der Waals surface area contributed by atoms with Gasteiger partial charge in [0.05, 0.1) is 0 Å². The molecule has 0 atom stereocenters. The van der Waals surface area contributed by atoms with Gasteiger partial charge in [0.2, 0.25) is 0 Å². The molecule has 1 saturated carbocycles. The Morgan fingerprint density at radius 3 is 2.15 bits per heavy atom. The first-order valence-corrected chi connectivity index (χ1v) is 8.04. The fourth-order valence-electron chi connectivity index (χ4n) is 3.31. The molecule has 0 spiro atoms. The Morgan fingerprint density at radius 2 is 1.65 bits per heavy atom. The van der Waals surface area contributed by atoms with Crippen LogP contribution in [0, 0.1) is 0 Å². The van der Waals surface area contributed by atoms with Gasteiger partial charge in [-0.25, -0.2) is 0 Å². The maximum Gasteiger partial charge on any atom is 0.0108 e. The van der Waals surface area contributed by atoms with Gasteiger partial charge in [-0.3, -0.25) is 4.90 Å². The zero-order valence-electron chi connectivity index (χ0n) is 13.2. The van der Waals surface area contributed by atoms with E-state index >= 15 is 0 Å². The lowest BCUT2D eigenvalue weighted by atomic mass is 9.85. The van der Waals surface area contributed by atoms with Gasteiger partial charge < -0.3 is 5.32 Å². The first-order chi connectivity index (χ1) is 9.50. The highest BCUT2D eigenvalue weighted by Crippen LogP contribution is 2.49. The quantitative estimate of drug-likeness (QED) is 0.910. The second-order valence-corrected chi connectivity index (χ2v) is 7.63. The lowest BCUT2D eigenvalue weighted by Gasteiger charge is -2.31.